The second kappa shape index (κ2) is 4.80. The van der Waals surface area contributed by atoms with Gasteiger partial charge < -0.3 is 0 Å². The van der Waals surface area contributed by atoms with Gasteiger partial charge in [0.25, 0.3) is 0 Å². The fourth-order valence-corrected chi connectivity index (χ4v) is 3.62. The maximum Gasteiger partial charge on any atom is 0.155 e. The van der Waals surface area contributed by atoms with E-state index in [1.807, 2.05) is 0 Å². The molecule has 2 aliphatic rings. The summed E-state index contributed by atoms with van der Waals surface area (Å²) >= 11 is 0. The fourth-order valence-electron chi connectivity index (χ4n) is 3.62. The van der Waals surface area contributed by atoms with Crippen molar-refractivity contribution in [2.45, 2.75) is 52.9 Å². The number of hydrogen-bond acceptors (Lipinski definition) is 1. The van der Waals surface area contributed by atoms with E-state index in [0.717, 1.165) is 24.3 Å². The second-order valence-electron chi connectivity index (χ2n) is 5.89. The Balaban J connectivity index is 2.33. The minimum absolute atomic E-state index is 0.226. The van der Waals surface area contributed by atoms with Crippen molar-refractivity contribution < 1.29 is 4.79 Å². The Morgan fingerprint density at radius 3 is 2.94 bits per heavy atom. The van der Waals surface area contributed by atoms with Crippen LogP contribution in [0.2, 0.25) is 0 Å². The van der Waals surface area contributed by atoms with Gasteiger partial charge in [0.05, 0.1) is 0 Å². The maximum atomic E-state index is 11.6. The molecule has 1 heteroatoms. The van der Waals surface area contributed by atoms with Crippen molar-refractivity contribution in [2.75, 3.05) is 0 Å². The molecule has 0 bridgehead atoms. The quantitative estimate of drug-likeness (QED) is 0.663. The van der Waals surface area contributed by atoms with Crippen LogP contribution in [0.3, 0.4) is 0 Å². The van der Waals surface area contributed by atoms with E-state index >= 15 is 0 Å². The third-order valence-corrected chi connectivity index (χ3v) is 4.77. The van der Waals surface area contributed by atoms with Crippen LogP contribution in [0.5, 0.6) is 0 Å². The van der Waals surface area contributed by atoms with Crippen molar-refractivity contribution in [3.63, 3.8) is 0 Å². The van der Waals surface area contributed by atoms with E-state index in [2.05, 4.69) is 32.1 Å². The highest BCUT2D eigenvalue weighted by molar-refractivity contribution is 5.93. The number of Topliss-reactive ketones (excluding diaryl/α,β-unsaturated/α-hetero) is 1. The molecule has 3 atom stereocenters. The van der Waals surface area contributed by atoms with Crippen LogP contribution >= 0.6 is 0 Å². The highest BCUT2D eigenvalue weighted by Crippen LogP contribution is 2.50. The zero-order valence-electron chi connectivity index (χ0n) is 11.3. The third-order valence-electron chi connectivity index (χ3n) is 4.77. The van der Waals surface area contributed by atoms with E-state index < -0.39 is 0 Å². The summed E-state index contributed by atoms with van der Waals surface area (Å²) in [4.78, 5) is 11.6. The minimum atomic E-state index is 0.226. The lowest BCUT2D eigenvalue weighted by Gasteiger charge is -2.46. The minimum Gasteiger partial charge on any atom is -0.295 e. The first-order valence-corrected chi connectivity index (χ1v) is 6.97. The Kier molecular flexibility index (Phi) is 3.56. The molecule has 0 aliphatic heterocycles. The lowest BCUT2D eigenvalue weighted by molar-refractivity contribution is -0.114. The first kappa shape index (κ1) is 12.6. The molecule has 17 heavy (non-hydrogen) atoms. The van der Waals surface area contributed by atoms with E-state index in [4.69, 9.17) is 0 Å². The van der Waals surface area contributed by atoms with Crippen molar-refractivity contribution in [3.8, 4) is 0 Å². The SMILES string of the molecule is CCC[C@@H]1CC=C[C@H]2CCC(C(C)=O)=C[C@@]12C. The maximum absolute atomic E-state index is 11.6. The van der Waals surface area contributed by atoms with Crippen LogP contribution in [0.4, 0.5) is 0 Å². The van der Waals surface area contributed by atoms with Gasteiger partial charge in [0.2, 0.25) is 0 Å². The lowest BCUT2D eigenvalue weighted by atomic mass is 9.58. The summed E-state index contributed by atoms with van der Waals surface area (Å²) in [5.74, 6) is 1.64. The van der Waals surface area contributed by atoms with E-state index in [1.54, 1.807) is 6.92 Å². The zero-order chi connectivity index (χ0) is 12.5. The summed E-state index contributed by atoms with van der Waals surface area (Å²) in [6.07, 6.45) is 12.9. The molecule has 0 spiro atoms. The van der Waals surface area contributed by atoms with Gasteiger partial charge in [-0.15, -0.1) is 0 Å². The van der Waals surface area contributed by atoms with Crippen molar-refractivity contribution >= 4 is 5.78 Å². The predicted octanol–water partition coefficient (Wildman–Crippen LogP) is 4.29. The highest BCUT2D eigenvalue weighted by atomic mass is 16.1. The van der Waals surface area contributed by atoms with Crippen LogP contribution in [0.15, 0.2) is 23.8 Å². The molecule has 0 aromatic heterocycles. The van der Waals surface area contributed by atoms with Crippen LogP contribution in [0.1, 0.15) is 52.9 Å². The topological polar surface area (TPSA) is 17.1 Å². The molecule has 0 fully saturated rings. The van der Waals surface area contributed by atoms with Crippen molar-refractivity contribution in [2.24, 2.45) is 17.3 Å². The van der Waals surface area contributed by atoms with Crippen molar-refractivity contribution in [1.82, 2.24) is 0 Å². The Bertz CT molecular complexity index is 364. The Morgan fingerprint density at radius 1 is 1.53 bits per heavy atom. The van der Waals surface area contributed by atoms with Gasteiger partial charge in [0.1, 0.15) is 0 Å². The number of rotatable bonds is 3. The van der Waals surface area contributed by atoms with Gasteiger partial charge in [0, 0.05) is 0 Å². The monoisotopic (exact) mass is 232 g/mol. The van der Waals surface area contributed by atoms with Gasteiger partial charge in [0.15, 0.2) is 5.78 Å². The molecular formula is C16H24O. The first-order valence-electron chi connectivity index (χ1n) is 6.97. The normalized spacial score (nSPS) is 36.3. The summed E-state index contributed by atoms with van der Waals surface area (Å²) in [6.45, 7) is 6.34. The molecule has 0 aromatic rings. The largest absolute Gasteiger partial charge is 0.295 e. The molecule has 0 saturated heterocycles. The van der Waals surface area contributed by atoms with Crippen LogP contribution < -0.4 is 0 Å². The molecular weight excluding hydrogens is 208 g/mol. The van der Waals surface area contributed by atoms with Gasteiger partial charge in [-0.2, -0.15) is 0 Å². The number of fused-ring (bicyclic) bond motifs is 1. The van der Waals surface area contributed by atoms with E-state index in [-0.39, 0.29) is 11.2 Å². The van der Waals surface area contributed by atoms with Crippen LogP contribution in [-0.2, 0) is 4.79 Å². The van der Waals surface area contributed by atoms with E-state index in [9.17, 15) is 4.79 Å². The van der Waals surface area contributed by atoms with Gasteiger partial charge in [-0.1, -0.05) is 38.5 Å². The Labute approximate surface area is 105 Å². The van der Waals surface area contributed by atoms with Crippen LogP contribution in [-0.4, -0.2) is 5.78 Å². The molecule has 0 saturated carbocycles. The number of carbonyl (C=O) groups is 1. The molecule has 0 radical (unpaired) electrons. The summed E-state index contributed by atoms with van der Waals surface area (Å²) < 4.78 is 0. The van der Waals surface area contributed by atoms with Gasteiger partial charge in [-0.3, -0.25) is 4.79 Å². The summed E-state index contributed by atoms with van der Waals surface area (Å²) in [6, 6.07) is 0. The van der Waals surface area contributed by atoms with Crippen LogP contribution in [0, 0.1) is 17.3 Å². The summed E-state index contributed by atoms with van der Waals surface area (Å²) in [7, 11) is 0. The summed E-state index contributed by atoms with van der Waals surface area (Å²) in [5, 5.41) is 0. The zero-order valence-corrected chi connectivity index (χ0v) is 11.3. The molecule has 0 heterocycles. The molecule has 94 valence electrons. The van der Waals surface area contributed by atoms with Gasteiger partial charge in [-0.05, 0) is 55.4 Å². The second-order valence-corrected chi connectivity index (χ2v) is 5.89. The number of ketones is 1. The average molecular weight is 232 g/mol. The van der Waals surface area contributed by atoms with Crippen molar-refractivity contribution in [1.29, 1.82) is 0 Å². The highest BCUT2D eigenvalue weighted by Gasteiger charge is 2.42. The number of allylic oxidation sites excluding steroid dienone is 4. The Morgan fingerprint density at radius 2 is 2.29 bits per heavy atom. The van der Waals surface area contributed by atoms with Crippen LogP contribution in [0.25, 0.3) is 0 Å². The van der Waals surface area contributed by atoms with E-state index in [1.165, 1.54) is 19.3 Å². The molecule has 0 N–H and O–H groups in total. The van der Waals surface area contributed by atoms with Crippen molar-refractivity contribution in [3.05, 3.63) is 23.8 Å². The average Bonchev–Trinajstić information content (AvgIpc) is 2.29. The lowest BCUT2D eigenvalue weighted by Crippen LogP contribution is -2.38. The predicted molar refractivity (Wildman–Crippen MR) is 71.8 cm³/mol. The third kappa shape index (κ3) is 2.25. The molecule has 1 nitrogen and oxygen atoms in total. The van der Waals surface area contributed by atoms with Gasteiger partial charge in [-0.25, -0.2) is 0 Å². The number of hydrogen-bond donors (Lipinski definition) is 0. The standard InChI is InChI=1S/C16H24O/c1-4-6-14-7-5-8-15-10-9-13(12(2)17)11-16(14,15)3/h5,8,11,14-15H,4,6-7,9-10H2,1-3H3/t14-,15+,16+/m1/s1. The Hall–Kier alpha value is -0.850. The molecule has 0 aromatic carbocycles. The smallest absolute Gasteiger partial charge is 0.155 e. The fraction of sp³-hybridized carbons (Fsp3) is 0.688. The number of carbonyl (C=O) groups excluding carboxylic acids is 1. The molecule has 0 unspecified atom stereocenters. The van der Waals surface area contributed by atoms with Gasteiger partial charge >= 0.3 is 0 Å². The molecule has 2 aliphatic carbocycles. The first-order chi connectivity index (χ1) is 8.08. The molecule has 0 amide bonds. The van der Waals surface area contributed by atoms with E-state index in [0.29, 0.717) is 5.92 Å². The summed E-state index contributed by atoms with van der Waals surface area (Å²) in [5.41, 5.74) is 1.30. The molecule has 2 rings (SSSR count).